The molecular formula is C22H25N5O3. The Labute approximate surface area is 174 Å². The number of hydrogen-bond donors (Lipinski definition) is 3. The monoisotopic (exact) mass is 407 g/mol. The summed E-state index contributed by atoms with van der Waals surface area (Å²) in [6.45, 7) is 2.42. The Kier molecular flexibility index (Phi) is 4.50. The lowest BCUT2D eigenvalue weighted by atomic mass is 10.0. The number of aromatic nitrogens is 1. The van der Waals surface area contributed by atoms with Crippen molar-refractivity contribution in [3.05, 3.63) is 48.0 Å². The first-order chi connectivity index (χ1) is 14.4. The smallest absolute Gasteiger partial charge is 0.253 e. The molecule has 0 spiro atoms. The molecule has 1 amide bonds. The van der Waals surface area contributed by atoms with Crippen molar-refractivity contribution in [3.63, 3.8) is 0 Å². The van der Waals surface area contributed by atoms with E-state index in [2.05, 4.69) is 5.16 Å². The quantitative estimate of drug-likeness (QED) is 0.601. The van der Waals surface area contributed by atoms with Crippen LogP contribution in [0.25, 0.3) is 22.1 Å². The molecule has 5 N–H and O–H groups in total. The van der Waals surface area contributed by atoms with Crippen LogP contribution in [0, 0.1) is 0 Å². The van der Waals surface area contributed by atoms with E-state index in [0.29, 0.717) is 43.1 Å². The molecule has 1 atom stereocenters. The number of hydrogen-bond acceptors (Lipinski definition) is 7. The number of nitrogens with two attached hydrogens (primary N) is 2. The van der Waals surface area contributed by atoms with Crippen LogP contribution in [0.4, 0.5) is 5.82 Å². The summed E-state index contributed by atoms with van der Waals surface area (Å²) >= 11 is 0. The molecule has 0 bridgehead atoms. The number of nitrogen functional groups attached to an aromatic ring is 1. The standard InChI is InChI=1S/C22H25N5O3/c23-19-17-13-16(5-6-18(17)30-25-19)14-1-3-15(4-2-14)20(28)26-9-11-27(12-10-26)21(29)22(24)7-8-22/h1-6,13,21,29H,7-12,24H2,(H2,23,25). The zero-order chi connectivity index (χ0) is 20.9. The molecule has 8 nitrogen and oxygen atoms in total. The zero-order valence-electron chi connectivity index (χ0n) is 16.6. The topological polar surface area (TPSA) is 122 Å². The molecule has 0 radical (unpaired) electrons. The minimum atomic E-state index is -0.620. The van der Waals surface area contributed by atoms with Crippen LogP contribution in [0.1, 0.15) is 23.2 Å². The molecule has 8 heteroatoms. The molecule has 2 aliphatic rings. The van der Waals surface area contributed by atoms with Gasteiger partial charge in [0.15, 0.2) is 11.4 Å². The van der Waals surface area contributed by atoms with Crippen LogP contribution in [-0.4, -0.2) is 63.9 Å². The maximum Gasteiger partial charge on any atom is 0.253 e. The fourth-order valence-corrected chi connectivity index (χ4v) is 4.06. The van der Waals surface area contributed by atoms with Crippen molar-refractivity contribution in [2.75, 3.05) is 31.9 Å². The molecule has 2 fully saturated rings. The highest BCUT2D eigenvalue weighted by Gasteiger charge is 2.48. The largest absolute Gasteiger partial charge is 0.380 e. The Bertz CT molecular complexity index is 1080. The maximum atomic E-state index is 12.9. The van der Waals surface area contributed by atoms with E-state index in [9.17, 15) is 9.90 Å². The van der Waals surface area contributed by atoms with E-state index in [-0.39, 0.29) is 5.91 Å². The number of carbonyl (C=O) groups excluding carboxylic acids is 1. The molecule has 3 aromatic rings. The van der Waals surface area contributed by atoms with Crippen LogP contribution >= 0.6 is 0 Å². The van der Waals surface area contributed by atoms with E-state index in [1.54, 1.807) is 0 Å². The van der Waals surface area contributed by atoms with Crippen LogP contribution in [0.2, 0.25) is 0 Å². The molecule has 30 heavy (non-hydrogen) atoms. The molecule has 1 saturated carbocycles. The third-order valence-corrected chi connectivity index (χ3v) is 6.25. The van der Waals surface area contributed by atoms with Gasteiger partial charge in [0.1, 0.15) is 6.23 Å². The molecule has 2 heterocycles. The molecule has 1 unspecified atom stereocenters. The highest BCUT2D eigenvalue weighted by atomic mass is 16.5. The normalized spacial score (nSPS) is 19.7. The molecule has 2 aromatic carbocycles. The number of anilines is 1. The average Bonchev–Trinajstić information content (AvgIpc) is 3.44. The number of benzene rings is 2. The number of rotatable bonds is 4. The van der Waals surface area contributed by atoms with Crippen molar-refractivity contribution in [3.8, 4) is 11.1 Å². The Balaban J connectivity index is 1.26. The van der Waals surface area contributed by atoms with Gasteiger partial charge < -0.3 is 26.0 Å². The summed E-state index contributed by atoms with van der Waals surface area (Å²) in [4.78, 5) is 16.7. The summed E-state index contributed by atoms with van der Waals surface area (Å²) in [5.41, 5.74) is 14.8. The van der Waals surface area contributed by atoms with Crippen LogP contribution in [0.15, 0.2) is 47.0 Å². The highest BCUT2D eigenvalue weighted by Crippen LogP contribution is 2.37. The van der Waals surface area contributed by atoms with E-state index in [1.807, 2.05) is 52.3 Å². The van der Waals surface area contributed by atoms with Crippen molar-refractivity contribution in [1.29, 1.82) is 0 Å². The molecule has 1 aliphatic heterocycles. The predicted molar refractivity (Wildman–Crippen MR) is 113 cm³/mol. The van der Waals surface area contributed by atoms with Crippen molar-refractivity contribution in [1.82, 2.24) is 15.0 Å². The van der Waals surface area contributed by atoms with Crippen LogP contribution < -0.4 is 11.5 Å². The van der Waals surface area contributed by atoms with Gasteiger partial charge in [-0.3, -0.25) is 9.69 Å². The van der Waals surface area contributed by atoms with Crippen LogP contribution in [0.3, 0.4) is 0 Å². The third-order valence-electron chi connectivity index (χ3n) is 6.25. The van der Waals surface area contributed by atoms with E-state index < -0.39 is 11.8 Å². The summed E-state index contributed by atoms with van der Waals surface area (Å²) < 4.78 is 5.15. The average molecular weight is 407 g/mol. The van der Waals surface area contributed by atoms with Gasteiger partial charge in [-0.1, -0.05) is 23.4 Å². The lowest BCUT2D eigenvalue weighted by Crippen LogP contribution is -2.57. The van der Waals surface area contributed by atoms with Gasteiger partial charge in [-0.05, 0) is 48.2 Å². The summed E-state index contributed by atoms with van der Waals surface area (Å²) in [6.07, 6.45) is 1.10. The van der Waals surface area contributed by atoms with Gasteiger partial charge in [0.05, 0.1) is 10.9 Å². The Hall–Kier alpha value is -2.94. The first-order valence-corrected chi connectivity index (χ1v) is 10.2. The molecule has 1 aliphatic carbocycles. The van der Waals surface area contributed by atoms with Crippen LogP contribution in [-0.2, 0) is 0 Å². The Morgan fingerprint density at radius 3 is 2.40 bits per heavy atom. The van der Waals surface area contributed by atoms with Gasteiger partial charge in [-0.15, -0.1) is 0 Å². The SMILES string of the molecule is Nc1noc2ccc(-c3ccc(C(=O)N4CCN(C(O)C5(N)CC5)CC4)cc3)cc12. The van der Waals surface area contributed by atoms with Crippen molar-refractivity contribution >= 4 is 22.7 Å². The fraction of sp³-hybridized carbons (Fsp3) is 0.364. The van der Waals surface area contributed by atoms with Gasteiger partial charge in [-0.2, -0.15) is 0 Å². The molecular weight excluding hydrogens is 382 g/mol. The lowest BCUT2D eigenvalue weighted by Gasteiger charge is -2.39. The highest BCUT2D eigenvalue weighted by molar-refractivity contribution is 5.95. The van der Waals surface area contributed by atoms with Gasteiger partial charge in [0.2, 0.25) is 0 Å². The summed E-state index contributed by atoms with van der Waals surface area (Å²) in [5, 5.41) is 15.0. The van der Waals surface area contributed by atoms with Gasteiger partial charge in [-0.25, -0.2) is 0 Å². The van der Waals surface area contributed by atoms with Crippen molar-refractivity contribution in [2.45, 2.75) is 24.6 Å². The minimum absolute atomic E-state index is 0.00306. The second-order valence-corrected chi connectivity index (χ2v) is 8.29. The fourth-order valence-electron chi connectivity index (χ4n) is 4.06. The molecule has 1 saturated heterocycles. The van der Waals surface area contributed by atoms with E-state index in [4.69, 9.17) is 16.0 Å². The van der Waals surface area contributed by atoms with Crippen molar-refractivity contribution in [2.24, 2.45) is 5.73 Å². The second kappa shape index (κ2) is 7.09. The lowest BCUT2D eigenvalue weighted by molar-refractivity contribution is -0.0432. The number of aliphatic hydroxyl groups excluding tert-OH is 1. The number of carbonyl (C=O) groups is 1. The first kappa shape index (κ1) is 19.0. The molecule has 1 aromatic heterocycles. The number of fused-ring (bicyclic) bond motifs is 1. The first-order valence-electron chi connectivity index (χ1n) is 10.2. The minimum Gasteiger partial charge on any atom is -0.380 e. The predicted octanol–water partition coefficient (Wildman–Crippen LogP) is 1.64. The number of piperazine rings is 1. The van der Waals surface area contributed by atoms with E-state index >= 15 is 0 Å². The Morgan fingerprint density at radius 1 is 1.07 bits per heavy atom. The molecule has 156 valence electrons. The summed E-state index contributed by atoms with van der Waals surface area (Å²) in [5.74, 6) is 0.369. The Morgan fingerprint density at radius 2 is 1.73 bits per heavy atom. The zero-order valence-corrected chi connectivity index (χ0v) is 16.6. The van der Waals surface area contributed by atoms with Gasteiger partial charge in [0.25, 0.3) is 5.91 Å². The van der Waals surface area contributed by atoms with Crippen LogP contribution in [0.5, 0.6) is 0 Å². The number of aliphatic hydroxyl groups is 1. The maximum absolute atomic E-state index is 12.9. The van der Waals surface area contributed by atoms with E-state index in [0.717, 1.165) is 29.4 Å². The van der Waals surface area contributed by atoms with Gasteiger partial charge in [0, 0.05) is 31.7 Å². The number of amides is 1. The molecule has 5 rings (SSSR count). The van der Waals surface area contributed by atoms with Gasteiger partial charge >= 0.3 is 0 Å². The second-order valence-electron chi connectivity index (χ2n) is 8.29. The summed E-state index contributed by atoms with van der Waals surface area (Å²) in [6, 6.07) is 13.3. The van der Waals surface area contributed by atoms with E-state index in [1.165, 1.54) is 0 Å². The summed E-state index contributed by atoms with van der Waals surface area (Å²) in [7, 11) is 0. The van der Waals surface area contributed by atoms with Crippen molar-refractivity contribution < 1.29 is 14.4 Å². The third kappa shape index (κ3) is 3.32. The number of nitrogens with zero attached hydrogens (tertiary/aromatic N) is 3.